The molecule has 2 aromatic carbocycles. The smallest absolute Gasteiger partial charge is 0.231 e. The highest BCUT2D eigenvalue weighted by Crippen LogP contribution is 2.33. The van der Waals surface area contributed by atoms with Crippen molar-refractivity contribution >= 4 is 27.8 Å². The van der Waals surface area contributed by atoms with Crippen LogP contribution in [0, 0.1) is 17.1 Å². The molecule has 0 fully saturated rings. The maximum atomic E-state index is 13.2. The minimum Gasteiger partial charge on any atom is -0.454 e. The van der Waals surface area contributed by atoms with Crippen LogP contribution < -0.4 is 9.47 Å². The molecule has 0 saturated carbocycles. The van der Waals surface area contributed by atoms with Gasteiger partial charge in [0, 0.05) is 5.56 Å². The van der Waals surface area contributed by atoms with Crippen LogP contribution in [0.1, 0.15) is 15.9 Å². The molecule has 1 aliphatic rings. The van der Waals surface area contributed by atoms with Crippen molar-refractivity contribution in [1.29, 1.82) is 5.26 Å². The van der Waals surface area contributed by atoms with E-state index in [0.29, 0.717) is 22.6 Å². The first kappa shape index (κ1) is 15.3. The van der Waals surface area contributed by atoms with Crippen LogP contribution in [0.25, 0.3) is 6.08 Å². The Kier molecular flexibility index (Phi) is 4.13. The highest BCUT2D eigenvalue weighted by molar-refractivity contribution is 9.10. The number of Topliss-reactive ketones (excluding diaryl/α,β-unsaturated/α-hetero) is 1. The van der Waals surface area contributed by atoms with E-state index in [-0.39, 0.29) is 16.8 Å². The summed E-state index contributed by atoms with van der Waals surface area (Å²) >= 11 is 3.07. The monoisotopic (exact) mass is 373 g/mol. The molecular weight excluding hydrogens is 365 g/mol. The Hall–Kier alpha value is -2.65. The van der Waals surface area contributed by atoms with Gasteiger partial charge in [0.05, 0.1) is 4.47 Å². The van der Waals surface area contributed by atoms with Crippen molar-refractivity contribution in [3.05, 3.63) is 63.4 Å². The van der Waals surface area contributed by atoms with Crippen LogP contribution in [0.2, 0.25) is 0 Å². The lowest BCUT2D eigenvalue weighted by Crippen LogP contribution is -2.02. The van der Waals surface area contributed by atoms with Gasteiger partial charge in [0.1, 0.15) is 17.5 Å². The Morgan fingerprint density at radius 1 is 1.22 bits per heavy atom. The van der Waals surface area contributed by atoms with Gasteiger partial charge in [-0.25, -0.2) is 4.39 Å². The lowest BCUT2D eigenvalue weighted by molar-refractivity contribution is 0.103. The van der Waals surface area contributed by atoms with Gasteiger partial charge >= 0.3 is 0 Å². The van der Waals surface area contributed by atoms with Gasteiger partial charge in [0.15, 0.2) is 11.5 Å². The highest BCUT2D eigenvalue weighted by atomic mass is 79.9. The Balaban J connectivity index is 1.94. The quantitative estimate of drug-likeness (QED) is 0.461. The zero-order chi connectivity index (χ0) is 16.4. The summed E-state index contributed by atoms with van der Waals surface area (Å²) in [6.45, 7) is 0.109. The van der Waals surface area contributed by atoms with Crippen LogP contribution in [-0.4, -0.2) is 12.6 Å². The van der Waals surface area contributed by atoms with Crippen molar-refractivity contribution in [2.24, 2.45) is 0 Å². The number of nitrogens with zero attached hydrogens (tertiary/aromatic N) is 1. The number of hydrogen-bond acceptors (Lipinski definition) is 4. The fourth-order valence-electron chi connectivity index (χ4n) is 2.11. The van der Waals surface area contributed by atoms with Crippen LogP contribution in [0.4, 0.5) is 4.39 Å². The van der Waals surface area contributed by atoms with Gasteiger partial charge in [-0.3, -0.25) is 4.79 Å². The van der Waals surface area contributed by atoms with Crippen LogP contribution in [0.15, 0.2) is 46.4 Å². The van der Waals surface area contributed by atoms with E-state index in [9.17, 15) is 14.4 Å². The van der Waals surface area contributed by atoms with Crippen LogP contribution >= 0.6 is 15.9 Å². The molecule has 0 bridgehead atoms. The summed E-state index contributed by atoms with van der Waals surface area (Å²) in [5, 5.41) is 9.26. The van der Waals surface area contributed by atoms with Crippen molar-refractivity contribution < 1.29 is 18.7 Å². The number of benzene rings is 2. The summed E-state index contributed by atoms with van der Waals surface area (Å²) in [5.74, 6) is 0.179. The third kappa shape index (κ3) is 3.10. The van der Waals surface area contributed by atoms with E-state index in [0.717, 1.165) is 0 Å². The summed E-state index contributed by atoms with van der Waals surface area (Å²) in [4.78, 5) is 12.5. The molecular formula is C17H9BrFNO3. The number of ether oxygens (including phenoxy) is 2. The third-order valence-corrected chi connectivity index (χ3v) is 3.86. The van der Waals surface area contributed by atoms with Crippen molar-refractivity contribution in [2.45, 2.75) is 0 Å². The Morgan fingerprint density at radius 3 is 2.74 bits per heavy atom. The Morgan fingerprint density at radius 2 is 2.00 bits per heavy atom. The standard InChI is InChI=1S/C17H9BrFNO3/c18-13-6-10(1-3-14(13)19)5-12(8-20)17(21)11-2-4-15-16(7-11)23-9-22-15/h1-7H,9H2. The second-order valence-corrected chi connectivity index (χ2v) is 5.59. The maximum Gasteiger partial charge on any atom is 0.231 e. The van der Waals surface area contributed by atoms with E-state index in [1.165, 1.54) is 30.3 Å². The molecule has 0 unspecified atom stereocenters. The maximum absolute atomic E-state index is 13.2. The molecule has 0 radical (unpaired) electrons. The van der Waals surface area contributed by atoms with Crippen LogP contribution in [0.5, 0.6) is 11.5 Å². The first-order valence-electron chi connectivity index (χ1n) is 6.59. The molecule has 2 aromatic rings. The number of hydrogen-bond donors (Lipinski definition) is 0. The SMILES string of the molecule is N#CC(=Cc1ccc(F)c(Br)c1)C(=O)c1ccc2c(c1)OCO2. The molecule has 114 valence electrons. The van der Waals surface area contributed by atoms with Gasteiger partial charge in [-0.1, -0.05) is 6.07 Å². The molecule has 0 N–H and O–H groups in total. The predicted molar refractivity (Wildman–Crippen MR) is 84.6 cm³/mol. The molecule has 0 spiro atoms. The van der Waals surface area contributed by atoms with Gasteiger partial charge in [0.25, 0.3) is 0 Å². The van der Waals surface area contributed by atoms with Gasteiger partial charge in [-0.2, -0.15) is 5.26 Å². The summed E-state index contributed by atoms with van der Waals surface area (Å²) in [6.07, 6.45) is 1.41. The molecule has 0 aliphatic carbocycles. The number of ketones is 1. The van der Waals surface area contributed by atoms with E-state index in [4.69, 9.17) is 9.47 Å². The van der Waals surface area contributed by atoms with Gasteiger partial charge in [0.2, 0.25) is 12.6 Å². The van der Waals surface area contributed by atoms with E-state index >= 15 is 0 Å². The predicted octanol–water partition coefficient (Wildman–Crippen LogP) is 4.11. The van der Waals surface area contributed by atoms with E-state index in [1.54, 1.807) is 12.1 Å². The van der Waals surface area contributed by atoms with Gasteiger partial charge in [-0.05, 0) is 57.9 Å². The molecule has 0 saturated heterocycles. The normalized spacial score (nSPS) is 12.8. The second-order valence-electron chi connectivity index (χ2n) is 4.74. The van der Waals surface area contributed by atoms with E-state index in [1.807, 2.05) is 6.07 Å². The fourth-order valence-corrected chi connectivity index (χ4v) is 2.51. The summed E-state index contributed by atoms with van der Waals surface area (Å²) in [5.41, 5.74) is 0.814. The highest BCUT2D eigenvalue weighted by Gasteiger charge is 2.18. The lowest BCUT2D eigenvalue weighted by Gasteiger charge is -2.02. The number of rotatable bonds is 3. The largest absolute Gasteiger partial charge is 0.454 e. The van der Waals surface area contributed by atoms with Crippen molar-refractivity contribution in [3.63, 3.8) is 0 Å². The molecule has 1 aliphatic heterocycles. The molecule has 0 atom stereocenters. The number of carbonyl (C=O) groups excluding carboxylic acids is 1. The molecule has 0 aromatic heterocycles. The number of allylic oxidation sites excluding steroid dienone is 1. The lowest BCUT2D eigenvalue weighted by atomic mass is 10.0. The van der Waals surface area contributed by atoms with E-state index < -0.39 is 11.6 Å². The summed E-state index contributed by atoms with van der Waals surface area (Å²) in [6, 6.07) is 10.9. The molecule has 0 amide bonds. The number of fused-ring (bicyclic) bond motifs is 1. The Bertz CT molecular complexity index is 871. The Labute approximate surface area is 139 Å². The zero-order valence-electron chi connectivity index (χ0n) is 11.7. The molecule has 3 rings (SSSR count). The average Bonchev–Trinajstić information content (AvgIpc) is 3.02. The first-order chi connectivity index (χ1) is 11.1. The molecule has 6 heteroatoms. The molecule has 23 heavy (non-hydrogen) atoms. The van der Waals surface area contributed by atoms with Crippen molar-refractivity contribution in [3.8, 4) is 17.6 Å². The third-order valence-electron chi connectivity index (χ3n) is 3.25. The van der Waals surface area contributed by atoms with Crippen LogP contribution in [-0.2, 0) is 0 Å². The van der Waals surface area contributed by atoms with Crippen molar-refractivity contribution in [2.75, 3.05) is 6.79 Å². The minimum absolute atomic E-state index is 0.0534. The summed E-state index contributed by atoms with van der Waals surface area (Å²) in [7, 11) is 0. The fraction of sp³-hybridized carbons (Fsp3) is 0.0588. The zero-order valence-corrected chi connectivity index (χ0v) is 13.3. The first-order valence-corrected chi connectivity index (χ1v) is 7.39. The molecule has 1 heterocycles. The second kappa shape index (κ2) is 6.23. The van der Waals surface area contributed by atoms with E-state index in [2.05, 4.69) is 15.9 Å². The van der Waals surface area contributed by atoms with Crippen LogP contribution in [0.3, 0.4) is 0 Å². The van der Waals surface area contributed by atoms with Crippen molar-refractivity contribution in [1.82, 2.24) is 0 Å². The topological polar surface area (TPSA) is 59.3 Å². The molecule has 4 nitrogen and oxygen atoms in total. The minimum atomic E-state index is -0.439. The number of nitriles is 1. The summed E-state index contributed by atoms with van der Waals surface area (Å²) < 4.78 is 23.9. The average molecular weight is 374 g/mol. The van der Waals surface area contributed by atoms with Gasteiger partial charge in [-0.15, -0.1) is 0 Å². The number of carbonyl (C=O) groups is 1. The number of halogens is 2. The van der Waals surface area contributed by atoms with Gasteiger partial charge < -0.3 is 9.47 Å².